The molecule has 0 bridgehead atoms. The number of para-hydroxylation sites is 5. The Hall–Kier alpha value is -8.31. The molecule has 0 saturated heterocycles. The third kappa shape index (κ3) is 7.62. The Morgan fingerprint density at radius 1 is 0.569 bits per heavy atom. The summed E-state index contributed by atoms with van der Waals surface area (Å²) < 4.78 is 111. The summed E-state index contributed by atoms with van der Waals surface area (Å²) >= 11 is 0. The standard InChI is InChI=1S/C65H47N5O.Pt/c1-43(2)44(3)47-36-37-66-64(38-47)70-60-35-32-49(69-58-28-12-10-24-54(58)55-25-11-13-29-59(55)69)40-57(60)56-34-33-51(41-63(56)70)71-50-23-16-22-48(39-50)67-42-68(62-31-15-14-30-61(62)67)65-52(45-18-6-4-7-19-45)26-17-27-53(65)46-20-8-5-9-21-46;/h4-38,40,43-44H,1-3H3;/q-2;/i4D,5D,6D,7D,8D,9D,18D,19D,20D,21D,44D;. The van der Waals surface area contributed by atoms with Crippen LogP contribution >= 0.6 is 0 Å². The van der Waals surface area contributed by atoms with Crippen LogP contribution in [0.25, 0.3) is 99.8 Å². The van der Waals surface area contributed by atoms with Gasteiger partial charge in [-0.2, -0.15) is 18.2 Å². The molecule has 9 aromatic carbocycles. The first-order valence-electron chi connectivity index (χ1n) is 28.8. The van der Waals surface area contributed by atoms with Crippen LogP contribution in [0.15, 0.2) is 218 Å². The molecule has 0 aliphatic heterocycles. The summed E-state index contributed by atoms with van der Waals surface area (Å²) in [4.78, 5) is 4.91. The number of nitrogens with zero attached hydrogens (tertiary/aromatic N) is 5. The van der Waals surface area contributed by atoms with Gasteiger partial charge in [0.25, 0.3) is 6.33 Å². The molecule has 1 unspecified atom stereocenters. The predicted octanol–water partition coefficient (Wildman–Crippen LogP) is 15.8. The number of benzene rings is 9. The molecule has 13 rings (SSSR count). The summed E-state index contributed by atoms with van der Waals surface area (Å²) in [6.45, 7) is 6.00. The van der Waals surface area contributed by atoms with Gasteiger partial charge in [0.2, 0.25) is 0 Å². The third-order valence-electron chi connectivity index (χ3n) is 13.3. The molecule has 0 N–H and O–H groups in total. The first-order chi connectivity index (χ1) is 39.4. The minimum Gasteiger partial charge on any atom is -0.510 e. The normalized spacial score (nSPS) is 14.6. The molecule has 4 aromatic heterocycles. The molecular weight excluding hydrogens is 1060 g/mol. The van der Waals surface area contributed by atoms with Crippen molar-refractivity contribution >= 4 is 54.6 Å². The van der Waals surface area contributed by atoms with Crippen LogP contribution in [-0.4, -0.2) is 18.7 Å². The number of rotatable bonds is 10. The van der Waals surface area contributed by atoms with Crippen molar-refractivity contribution in [2.75, 3.05) is 0 Å². The Morgan fingerprint density at radius 2 is 1.19 bits per heavy atom. The number of imidazole rings is 1. The molecule has 0 aliphatic rings. The fraction of sp³-hybridized carbons (Fsp3) is 0.0769. The second-order valence-electron chi connectivity index (χ2n) is 17.7. The van der Waals surface area contributed by atoms with Crippen molar-refractivity contribution in [3.63, 3.8) is 0 Å². The third-order valence-corrected chi connectivity index (χ3v) is 13.3. The Labute approximate surface area is 448 Å². The number of fused-ring (bicyclic) bond motifs is 7. The van der Waals surface area contributed by atoms with E-state index in [1.807, 2.05) is 63.2 Å². The van der Waals surface area contributed by atoms with E-state index in [9.17, 15) is 1.37 Å². The maximum Gasteiger partial charge on any atom is 0.268 e. The molecule has 6 nitrogen and oxygen atoms in total. The molecule has 72 heavy (non-hydrogen) atoms. The van der Waals surface area contributed by atoms with Crippen molar-refractivity contribution in [1.29, 1.82) is 0 Å². The van der Waals surface area contributed by atoms with Crippen molar-refractivity contribution in [3.8, 4) is 56.6 Å². The van der Waals surface area contributed by atoms with E-state index >= 15 is 0 Å². The molecular formula is C65H47N5OPt-2. The predicted molar refractivity (Wildman–Crippen MR) is 288 cm³/mol. The Bertz CT molecular complexity index is 4640. The van der Waals surface area contributed by atoms with Crippen molar-refractivity contribution in [2.24, 2.45) is 5.92 Å². The van der Waals surface area contributed by atoms with Crippen LogP contribution in [0.5, 0.6) is 11.5 Å². The van der Waals surface area contributed by atoms with Gasteiger partial charge < -0.3 is 18.4 Å². The molecule has 0 radical (unpaired) electrons. The molecule has 0 aliphatic carbocycles. The number of pyridine rings is 1. The molecule has 7 heteroatoms. The summed E-state index contributed by atoms with van der Waals surface area (Å²) in [5.74, 6) is 0.435. The first kappa shape index (κ1) is 34.1. The van der Waals surface area contributed by atoms with Gasteiger partial charge in [-0.25, -0.2) is 4.98 Å². The van der Waals surface area contributed by atoms with Gasteiger partial charge in [0.05, 0.1) is 41.5 Å². The smallest absolute Gasteiger partial charge is 0.268 e. The van der Waals surface area contributed by atoms with Gasteiger partial charge in [0.15, 0.2) is 0 Å². The second-order valence-corrected chi connectivity index (χ2v) is 17.7. The first-order valence-corrected chi connectivity index (χ1v) is 23.3. The van der Waals surface area contributed by atoms with Gasteiger partial charge in [0.1, 0.15) is 5.82 Å². The van der Waals surface area contributed by atoms with Gasteiger partial charge in [-0.05, 0) is 93.2 Å². The van der Waals surface area contributed by atoms with Crippen molar-refractivity contribution < 1.29 is 45.4 Å². The monoisotopic (exact) mass is 1120 g/mol. The average Bonchev–Trinajstić information content (AvgIpc) is 2.80. The molecule has 0 spiro atoms. The minimum absolute atomic E-state index is 0. The van der Waals surface area contributed by atoms with Crippen LogP contribution in [0.2, 0.25) is 0 Å². The summed E-state index contributed by atoms with van der Waals surface area (Å²) in [5.41, 5.74) is 7.23. The Morgan fingerprint density at radius 3 is 1.89 bits per heavy atom. The molecule has 0 saturated carbocycles. The zero-order chi connectivity index (χ0) is 57.2. The second kappa shape index (κ2) is 18.5. The van der Waals surface area contributed by atoms with Crippen LogP contribution in [0, 0.1) is 24.4 Å². The number of aromatic nitrogens is 5. The molecule has 0 amide bonds. The van der Waals surface area contributed by atoms with Crippen LogP contribution in [-0.2, 0) is 21.1 Å². The van der Waals surface area contributed by atoms with E-state index in [1.165, 1.54) is 0 Å². The van der Waals surface area contributed by atoms with E-state index in [1.54, 1.807) is 57.8 Å². The number of hydrogen-bond donors (Lipinski definition) is 0. The fourth-order valence-electron chi connectivity index (χ4n) is 9.78. The van der Waals surface area contributed by atoms with Crippen LogP contribution < -0.4 is 9.30 Å². The van der Waals surface area contributed by atoms with E-state index < -0.39 is 66.3 Å². The maximum absolute atomic E-state index is 9.36. The van der Waals surface area contributed by atoms with Crippen LogP contribution in [0.1, 0.15) is 47.3 Å². The van der Waals surface area contributed by atoms with Gasteiger partial charge in [-0.3, -0.25) is 4.57 Å². The summed E-state index contributed by atoms with van der Waals surface area (Å²) in [6, 6.07) is 50.0. The Kier molecular flexibility index (Phi) is 8.74. The Balaban J connectivity index is 0.00000680. The van der Waals surface area contributed by atoms with Gasteiger partial charge >= 0.3 is 0 Å². The van der Waals surface area contributed by atoms with Crippen molar-refractivity contribution in [2.45, 2.75) is 26.7 Å². The fourth-order valence-corrected chi connectivity index (χ4v) is 9.78. The van der Waals surface area contributed by atoms with Gasteiger partial charge in [0, 0.05) is 62.1 Å². The molecule has 4 heterocycles. The molecule has 350 valence electrons. The topological polar surface area (TPSA) is 40.8 Å². The maximum atomic E-state index is 9.36. The number of hydrogen-bond acceptors (Lipinski definition) is 2. The SMILES string of the molecule is [2H]c1c([2H])c([2H])c(-c2cccc(-c3c([2H])c([2H])c([2H])c([2H])c3[2H])c2-[n+]2[c-]n(-c3[c-]c(Oc4[c-]c5c(cc4)c4cc(-n6c7ccccc7c7ccccc76)ccc4n5-c4cc(C([2H])(C)C(C)C)ccn4)ccc3)c3ccccc32)c([2H])c1[2H].[Pt]. The average molecular weight is 1120 g/mol. The summed E-state index contributed by atoms with van der Waals surface area (Å²) in [7, 11) is 0. The van der Waals surface area contributed by atoms with Gasteiger partial charge in [-0.1, -0.05) is 166 Å². The largest absolute Gasteiger partial charge is 0.510 e. The van der Waals surface area contributed by atoms with E-state index in [0.717, 1.165) is 49.3 Å². The van der Waals surface area contributed by atoms with E-state index in [-0.39, 0.29) is 54.9 Å². The summed E-state index contributed by atoms with van der Waals surface area (Å²) in [6.07, 6.45) is 5.17. The van der Waals surface area contributed by atoms with E-state index in [2.05, 4.69) is 94.3 Å². The molecule has 13 aromatic rings. The van der Waals surface area contributed by atoms with Gasteiger partial charge in [-0.15, -0.1) is 29.7 Å². The minimum atomic E-state index is -0.902. The molecule has 0 fully saturated rings. The number of ether oxygens (including phenoxy) is 1. The zero-order valence-corrected chi connectivity index (χ0v) is 41.3. The van der Waals surface area contributed by atoms with E-state index in [0.29, 0.717) is 39.6 Å². The van der Waals surface area contributed by atoms with Crippen LogP contribution in [0.3, 0.4) is 0 Å². The summed E-state index contributed by atoms with van der Waals surface area (Å²) in [5, 5.41) is 4.17. The molecule has 1 atom stereocenters. The quantitative estimate of drug-likeness (QED) is 0.101. The van der Waals surface area contributed by atoms with E-state index in [4.69, 9.17) is 23.4 Å². The zero-order valence-electron chi connectivity index (χ0n) is 50.0. The van der Waals surface area contributed by atoms with Crippen molar-refractivity contribution in [3.05, 3.63) is 242 Å². The van der Waals surface area contributed by atoms with Crippen molar-refractivity contribution in [1.82, 2.24) is 18.7 Å². The van der Waals surface area contributed by atoms with Crippen LogP contribution in [0.4, 0.5) is 0 Å².